The van der Waals surface area contributed by atoms with E-state index in [9.17, 15) is 18.0 Å². The van der Waals surface area contributed by atoms with Crippen LogP contribution >= 0.6 is 11.8 Å². The second-order valence-electron chi connectivity index (χ2n) is 3.74. The molecule has 1 heterocycles. The Morgan fingerprint density at radius 1 is 1.28 bits per heavy atom. The molecule has 1 aromatic carbocycles. The average Bonchev–Trinajstić information content (AvgIpc) is 2.28. The van der Waals surface area contributed by atoms with Gasteiger partial charge in [-0.05, 0) is 29.5 Å². The average molecular weight is 277 g/mol. The zero-order chi connectivity index (χ0) is 13.2. The van der Waals surface area contributed by atoms with Crippen molar-refractivity contribution < 1.29 is 22.7 Å². The van der Waals surface area contributed by atoms with Gasteiger partial charge in [-0.25, -0.2) is 4.79 Å². The number of thioether (sulfide) groups is 1. The van der Waals surface area contributed by atoms with Crippen LogP contribution in [0.25, 0.3) is 0 Å². The van der Waals surface area contributed by atoms with Crippen LogP contribution in [0.3, 0.4) is 0 Å². The van der Waals surface area contributed by atoms with Crippen molar-refractivity contribution >= 4 is 17.9 Å². The van der Waals surface area contributed by atoms with Gasteiger partial charge in [0.25, 0.3) is 0 Å². The molecule has 0 spiro atoms. The number of hydrogen-bond acceptors (Lipinski definition) is 3. The molecule has 0 radical (unpaired) electrons. The second kappa shape index (κ2) is 5.09. The molecule has 98 valence electrons. The van der Waals surface area contributed by atoms with E-state index in [-0.39, 0.29) is 22.7 Å². The fraction of sp³-hybridized carbons (Fsp3) is 0.364. The fourth-order valence-corrected chi connectivity index (χ4v) is 2.22. The SMILES string of the molecule is O=C1N[C@@H](c2ccc(SC(F)(F)F)cc2)CCO1. The minimum atomic E-state index is -4.28. The van der Waals surface area contributed by atoms with Gasteiger partial charge in [-0.1, -0.05) is 12.1 Å². The van der Waals surface area contributed by atoms with Crippen LogP contribution in [0, 0.1) is 0 Å². The van der Waals surface area contributed by atoms with E-state index in [1.165, 1.54) is 12.1 Å². The predicted octanol–water partition coefficient (Wildman–Crippen LogP) is 3.47. The first kappa shape index (κ1) is 13.1. The van der Waals surface area contributed by atoms with Crippen molar-refractivity contribution in [1.29, 1.82) is 0 Å². The second-order valence-corrected chi connectivity index (χ2v) is 4.88. The molecule has 1 aromatic rings. The molecular formula is C11H10F3NO2S. The minimum Gasteiger partial charge on any atom is -0.449 e. The van der Waals surface area contributed by atoms with Crippen molar-refractivity contribution in [2.75, 3.05) is 6.61 Å². The van der Waals surface area contributed by atoms with E-state index in [4.69, 9.17) is 4.74 Å². The number of cyclic esters (lactones) is 1. The minimum absolute atomic E-state index is 0.129. The molecule has 2 rings (SSSR count). The number of nitrogens with one attached hydrogen (secondary N) is 1. The van der Waals surface area contributed by atoms with Crippen LogP contribution in [-0.2, 0) is 4.74 Å². The first-order valence-electron chi connectivity index (χ1n) is 5.23. The highest BCUT2D eigenvalue weighted by molar-refractivity contribution is 8.00. The van der Waals surface area contributed by atoms with Crippen molar-refractivity contribution in [3.63, 3.8) is 0 Å². The summed E-state index contributed by atoms with van der Waals surface area (Å²) in [6, 6.07) is 5.77. The molecule has 1 atom stereocenters. The summed E-state index contributed by atoms with van der Waals surface area (Å²) < 4.78 is 41.1. The highest BCUT2D eigenvalue weighted by Gasteiger charge is 2.29. The van der Waals surface area contributed by atoms with Crippen LogP contribution in [0.4, 0.5) is 18.0 Å². The molecule has 0 aliphatic carbocycles. The summed E-state index contributed by atoms with van der Waals surface area (Å²) in [6.07, 6.45) is 0.109. The van der Waals surface area contributed by atoms with Gasteiger partial charge in [-0.15, -0.1) is 0 Å². The number of alkyl carbamates (subject to hydrolysis) is 1. The van der Waals surface area contributed by atoms with Crippen molar-refractivity contribution in [1.82, 2.24) is 5.32 Å². The standard InChI is InChI=1S/C11H10F3NO2S/c12-11(13,14)18-8-3-1-7(2-4-8)9-5-6-17-10(16)15-9/h1-4,9H,5-6H2,(H,15,16)/t9-/m1/s1. The Labute approximate surface area is 106 Å². The molecule has 3 nitrogen and oxygen atoms in total. The van der Waals surface area contributed by atoms with Crippen LogP contribution < -0.4 is 5.32 Å². The Balaban J connectivity index is 2.05. The van der Waals surface area contributed by atoms with Crippen molar-refractivity contribution in [2.24, 2.45) is 0 Å². The van der Waals surface area contributed by atoms with Crippen LogP contribution in [0.15, 0.2) is 29.2 Å². The number of rotatable bonds is 2. The summed E-state index contributed by atoms with van der Waals surface area (Å²) >= 11 is -0.155. The molecule has 0 bridgehead atoms. The van der Waals surface area contributed by atoms with Crippen LogP contribution in [-0.4, -0.2) is 18.2 Å². The summed E-state index contributed by atoms with van der Waals surface area (Å²) in [4.78, 5) is 11.1. The lowest BCUT2D eigenvalue weighted by Gasteiger charge is -2.23. The van der Waals surface area contributed by atoms with E-state index in [0.29, 0.717) is 13.0 Å². The van der Waals surface area contributed by atoms with Gasteiger partial charge in [-0.3, -0.25) is 0 Å². The topological polar surface area (TPSA) is 38.3 Å². The predicted molar refractivity (Wildman–Crippen MR) is 60.2 cm³/mol. The number of carbonyl (C=O) groups is 1. The van der Waals surface area contributed by atoms with Crippen LogP contribution in [0.2, 0.25) is 0 Å². The van der Waals surface area contributed by atoms with E-state index in [1.54, 1.807) is 12.1 Å². The molecule has 7 heteroatoms. The normalized spacial score (nSPS) is 20.2. The van der Waals surface area contributed by atoms with Gasteiger partial charge < -0.3 is 10.1 Å². The molecule has 1 N–H and O–H groups in total. The first-order chi connectivity index (χ1) is 8.44. The smallest absolute Gasteiger partial charge is 0.446 e. The van der Waals surface area contributed by atoms with E-state index >= 15 is 0 Å². The third-order valence-corrected chi connectivity index (χ3v) is 3.19. The maximum absolute atomic E-state index is 12.1. The molecule has 1 aliphatic rings. The number of hydrogen-bond donors (Lipinski definition) is 1. The summed E-state index contributed by atoms with van der Waals surface area (Å²) in [5.74, 6) is 0. The van der Waals surface area contributed by atoms with Gasteiger partial charge in [0, 0.05) is 11.3 Å². The quantitative estimate of drug-likeness (QED) is 0.841. The van der Waals surface area contributed by atoms with Gasteiger partial charge in [0.1, 0.15) is 0 Å². The number of carbonyl (C=O) groups excluding carboxylic acids is 1. The molecule has 1 aliphatic heterocycles. The Hall–Kier alpha value is -1.37. The largest absolute Gasteiger partial charge is 0.449 e. The highest BCUT2D eigenvalue weighted by atomic mass is 32.2. The number of amides is 1. The Kier molecular flexibility index (Phi) is 3.70. The third kappa shape index (κ3) is 3.56. The van der Waals surface area contributed by atoms with E-state index < -0.39 is 11.6 Å². The molecular weight excluding hydrogens is 267 g/mol. The zero-order valence-electron chi connectivity index (χ0n) is 9.16. The molecule has 1 saturated heterocycles. The molecule has 18 heavy (non-hydrogen) atoms. The lowest BCUT2D eigenvalue weighted by atomic mass is 10.0. The van der Waals surface area contributed by atoms with E-state index in [0.717, 1.165) is 5.56 Å². The van der Waals surface area contributed by atoms with Gasteiger partial charge in [0.05, 0.1) is 12.6 Å². The zero-order valence-corrected chi connectivity index (χ0v) is 9.98. The van der Waals surface area contributed by atoms with Crippen LogP contribution in [0.1, 0.15) is 18.0 Å². The molecule has 0 unspecified atom stereocenters. The van der Waals surface area contributed by atoms with E-state index in [1.807, 2.05) is 0 Å². The Bertz CT molecular complexity index is 433. The maximum Gasteiger partial charge on any atom is 0.446 e. The molecule has 0 saturated carbocycles. The summed E-state index contributed by atoms with van der Waals surface area (Å²) in [5, 5.41) is 2.61. The van der Waals surface area contributed by atoms with Crippen LogP contribution in [0.5, 0.6) is 0 Å². The van der Waals surface area contributed by atoms with Gasteiger partial charge >= 0.3 is 11.6 Å². The lowest BCUT2D eigenvalue weighted by Crippen LogP contribution is -2.35. The van der Waals surface area contributed by atoms with E-state index in [2.05, 4.69) is 5.32 Å². The highest BCUT2D eigenvalue weighted by Crippen LogP contribution is 2.37. The molecule has 0 aromatic heterocycles. The number of ether oxygens (including phenoxy) is 1. The number of alkyl halides is 3. The van der Waals surface area contributed by atoms with Crippen molar-refractivity contribution in [3.8, 4) is 0 Å². The van der Waals surface area contributed by atoms with Gasteiger partial charge in [0.2, 0.25) is 0 Å². The summed E-state index contributed by atoms with van der Waals surface area (Å²) in [5.41, 5.74) is -3.51. The molecule has 1 fully saturated rings. The van der Waals surface area contributed by atoms with Crippen molar-refractivity contribution in [2.45, 2.75) is 22.9 Å². The van der Waals surface area contributed by atoms with Gasteiger partial charge in [-0.2, -0.15) is 13.2 Å². The lowest BCUT2D eigenvalue weighted by molar-refractivity contribution is -0.0328. The number of halogens is 3. The van der Waals surface area contributed by atoms with Gasteiger partial charge in [0.15, 0.2) is 0 Å². The third-order valence-electron chi connectivity index (χ3n) is 2.45. The monoisotopic (exact) mass is 277 g/mol. The van der Waals surface area contributed by atoms with Crippen molar-refractivity contribution in [3.05, 3.63) is 29.8 Å². The summed E-state index contributed by atoms with van der Waals surface area (Å²) in [7, 11) is 0. The maximum atomic E-state index is 12.1. The molecule has 1 amide bonds. The Morgan fingerprint density at radius 3 is 2.50 bits per heavy atom. The fourth-order valence-electron chi connectivity index (χ4n) is 1.68. The number of benzene rings is 1. The summed E-state index contributed by atoms with van der Waals surface area (Å²) in [6.45, 7) is 0.315. The Morgan fingerprint density at radius 2 is 1.94 bits per heavy atom. The first-order valence-corrected chi connectivity index (χ1v) is 6.05.